The SMILES string of the molecule is C=C(CO)[C@@H]1CC[C@@]2(C)CC[C@H](O[C@@H]3O[C@H](CO)[C@@H](O)[C@H](O)[C@H]3O)C(=C)[C@@H]2C1. The Labute approximate surface area is 166 Å². The number of hydrogen-bond acceptors (Lipinski definition) is 7. The summed E-state index contributed by atoms with van der Waals surface area (Å²) in [5.41, 5.74) is 1.91. The van der Waals surface area contributed by atoms with E-state index in [1.165, 1.54) is 0 Å². The molecule has 1 aliphatic heterocycles. The molecule has 2 saturated carbocycles. The van der Waals surface area contributed by atoms with Crippen LogP contribution in [0.4, 0.5) is 0 Å². The van der Waals surface area contributed by atoms with E-state index in [-0.39, 0.29) is 30.0 Å². The maximum atomic E-state index is 10.3. The molecule has 5 N–H and O–H groups in total. The first-order valence-electron chi connectivity index (χ1n) is 10.1. The van der Waals surface area contributed by atoms with Gasteiger partial charge in [0, 0.05) is 0 Å². The van der Waals surface area contributed by atoms with Crippen molar-refractivity contribution in [2.24, 2.45) is 17.3 Å². The van der Waals surface area contributed by atoms with E-state index in [1.54, 1.807) is 0 Å². The van der Waals surface area contributed by atoms with Crippen molar-refractivity contribution in [2.45, 2.75) is 75.8 Å². The van der Waals surface area contributed by atoms with E-state index in [4.69, 9.17) is 9.47 Å². The lowest BCUT2D eigenvalue weighted by Crippen LogP contribution is -2.60. The normalized spacial score (nSPS) is 46.9. The predicted octanol–water partition coefficient (Wildman–Crippen LogP) is 0.493. The Balaban J connectivity index is 1.70. The molecule has 7 nitrogen and oxygen atoms in total. The lowest BCUT2D eigenvalue weighted by atomic mass is 9.55. The number of aliphatic hydroxyl groups excluding tert-OH is 5. The van der Waals surface area contributed by atoms with Crippen molar-refractivity contribution in [1.29, 1.82) is 0 Å². The molecule has 7 heteroatoms. The van der Waals surface area contributed by atoms with Crippen LogP contribution in [0.2, 0.25) is 0 Å². The number of fused-ring (bicyclic) bond motifs is 1. The molecule has 0 radical (unpaired) electrons. The highest BCUT2D eigenvalue weighted by molar-refractivity contribution is 5.20. The number of aliphatic hydroxyl groups is 5. The fourth-order valence-electron chi connectivity index (χ4n) is 5.13. The molecule has 2 aliphatic carbocycles. The summed E-state index contributed by atoms with van der Waals surface area (Å²) in [5, 5.41) is 49.0. The Morgan fingerprint density at radius 1 is 1.14 bits per heavy atom. The van der Waals surface area contributed by atoms with Crippen LogP contribution in [-0.4, -0.2) is 75.6 Å². The fraction of sp³-hybridized carbons (Fsp3) is 0.810. The van der Waals surface area contributed by atoms with Gasteiger partial charge in [-0.1, -0.05) is 20.1 Å². The largest absolute Gasteiger partial charge is 0.394 e. The third kappa shape index (κ3) is 3.94. The van der Waals surface area contributed by atoms with E-state index in [0.717, 1.165) is 43.3 Å². The Kier molecular flexibility index (Phi) is 6.66. The van der Waals surface area contributed by atoms with Crippen LogP contribution >= 0.6 is 0 Å². The topological polar surface area (TPSA) is 120 Å². The highest BCUT2D eigenvalue weighted by atomic mass is 16.7. The third-order valence-electron chi connectivity index (χ3n) is 7.19. The highest BCUT2D eigenvalue weighted by Crippen LogP contribution is 2.55. The summed E-state index contributed by atoms with van der Waals surface area (Å²) in [7, 11) is 0. The van der Waals surface area contributed by atoms with E-state index in [9.17, 15) is 25.5 Å². The van der Waals surface area contributed by atoms with E-state index in [2.05, 4.69) is 20.1 Å². The third-order valence-corrected chi connectivity index (χ3v) is 7.19. The van der Waals surface area contributed by atoms with E-state index in [0.29, 0.717) is 0 Å². The zero-order chi connectivity index (χ0) is 20.6. The van der Waals surface area contributed by atoms with E-state index < -0.39 is 37.3 Å². The first kappa shape index (κ1) is 21.9. The lowest BCUT2D eigenvalue weighted by Gasteiger charge is -2.52. The van der Waals surface area contributed by atoms with Gasteiger partial charge >= 0.3 is 0 Å². The molecule has 28 heavy (non-hydrogen) atoms. The summed E-state index contributed by atoms with van der Waals surface area (Å²) in [6.45, 7) is 10.1. The molecule has 160 valence electrons. The molecule has 0 aromatic heterocycles. The second-order valence-electron chi connectivity index (χ2n) is 8.93. The minimum Gasteiger partial charge on any atom is -0.394 e. The molecule has 9 atom stereocenters. The first-order valence-corrected chi connectivity index (χ1v) is 10.1. The quantitative estimate of drug-likeness (QED) is 0.338. The van der Waals surface area contributed by atoms with Crippen molar-refractivity contribution in [3.63, 3.8) is 0 Å². The van der Waals surface area contributed by atoms with Crippen molar-refractivity contribution in [1.82, 2.24) is 0 Å². The molecule has 3 fully saturated rings. The van der Waals surface area contributed by atoms with Crippen LogP contribution in [0.1, 0.15) is 39.0 Å². The van der Waals surface area contributed by atoms with Gasteiger partial charge in [-0.3, -0.25) is 0 Å². The smallest absolute Gasteiger partial charge is 0.187 e. The Hall–Kier alpha value is -0.800. The number of rotatable bonds is 5. The molecule has 0 amide bonds. The minimum atomic E-state index is -1.45. The van der Waals surface area contributed by atoms with Crippen LogP contribution in [0.5, 0.6) is 0 Å². The van der Waals surface area contributed by atoms with Crippen LogP contribution in [0.25, 0.3) is 0 Å². The van der Waals surface area contributed by atoms with Gasteiger partial charge in [0.1, 0.15) is 24.4 Å². The van der Waals surface area contributed by atoms with Crippen LogP contribution in [0.15, 0.2) is 24.3 Å². The van der Waals surface area contributed by atoms with Gasteiger partial charge in [0.05, 0.1) is 19.3 Å². The first-order chi connectivity index (χ1) is 13.2. The number of hydrogen-bond donors (Lipinski definition) is 5. The summed E-state index contributed by atoms with van der Waals surface area (Å²) in [5.74, 6) is 0.462. The molecule has 0 unspecified atom stereocenters. The van der Waals surface area contributed by atoms with E-state index >= 15 is 0 Å². The standard InChI is InChI=1S/C21H34O7/c1-11(9-22)13-4-6-21(3)7-5-15(12(2)14(21)8-13)27-20-19(26)18(25)17(24)16(10-23)28-20/h13-20,22-26H,1-2,4-10H2,3H3/t13-,14+,15+,16-,17-,18+,19-,20-,21+/m1/s1. The van der Waals surface area contributed by atoms with Crippen LogP contribution in [-0.2, 0) is 9.47 Å². The molecule has 0 spiro atoms. The van der Waals surface area contributed by atoms with Gasteiger partial charge in [0.2, 0.25) is 0 Å². The van der Waals surface area contributed by atoms with Crippen LogP contribution in [0, 0.1) is 17.3 Å². The van der Waals surface area contributed by atoms with Crippen molar-refractivity contribution in [3.05, 3.63) is 24.3 Å². The van der Waals surface area contributed by atoms with Crippen molar-refractivity contribution >= 4 is 0 Å². The summed E-state index contributed by atoms with van der Waals surface area (Å²) in [6.07, 6.45) is -2.16. The Morgan fingerprint density at radius 2 is 1.82 bits per heavy atom. The van der Waals surface area contributed by atoms with Gasteiger partial charge in [-0.25, -0.2) is 0 Å². The molecular weight excluding hydrogens is 364 g/mol. The molecule has 3 rings (SSSR count). The van der Waals surface area contributed by atoms with Crippen molar-refractivity contribution in [2.75, 3.05) is 13.2 Å². The number of ether oxygens (including phenoxy) is 2. The molecule has 1 saturated heterocycles. The van der Waals surface area contributed by atoms with Crippen LogP contribution < -0.4 is 0 Å². The lowest BCUT2D eigenvalue weighted by molar-refractivity contribution is -0.310. The summed E-state index contributed by atoms with van der Waals surface area (Å²) in [4.78, 5) is 0. The molecule has 0 aromatic carbocycles. The highest BCUT2D eigenvalue weighted by Gasteiger charge is 2.49. The summed E-state index contributed by atoms with van der Waals surface area (Å²) in [6, 6.07) is 0. The van der Waals surface area contributed by atoms with Gasteiger partial charge < -0.3 is 35.0 Å². The predicted molar refractivity (Wildman–Crippen MR) is 102 cm³/mol. The zero-order valence-corrected chi connectivity index (χ0v) is 16.5. The molecule has 0 bridgehead atoms. The van der Waals surface area contributed by atoms with Gasteiger partial charge in [0.15, 0.2) is 6.29 Å². The molecular formula is C21H34O7. The Bertz CT molecular complexity index is 591. The maximum Gasteiger partial charge on any atom is 0.187 e. The average molecular weight is 398 g/mol. The second-order valence-corrected chi connectivity index (χ2v) is 8.93. The Morgan fingerprint density at radius 3 is 2.46 bits per heavy atom. The van der Waals surface area contributed by atoms with Gasteiger partial charge in [-0.15, -0.1) is 0 Å². The molecule has 1 heterocycles. The zero-order valence-electron chi connectivity index (χ0n) is 16.5. The van der Waals surface area contributed by atoms with Gasteiger partial charge in [-0.2, -0.15) is 0 Å². The van der Waals surface area contributed by atoms with Crippen molar-refractivity contribution in [3.8, 4) is 0 Å². The van der Waals surface area contributed by atoms with Gasteiger partial charge in [0.25, 0.3) is 0 Å². The van der Waals surface area contributed by atoms with E-state index in [1.807, 2.05) is 0 Å². The summed E-state index contributed by atoms with van der Waals surface area (Å²) >= 11 is 0. The fourth-order valence-corrected chi connectivity index (χ4v) is 5.13. The maximum absolute atomic E-state index is 10.3. The second kappa shape index (κ2) is 8.52. The van der Waals surface area contributed by atoms with Crippen LogP contribution in [0.3, 0.4) is 0 Å². The monoisotopic (exact) mass is 398 g/mol. The van der Waals surface area contributed by atoms with Gasteiger partial charge in [-0.05, 0) is 60.5 Å². The van der Waals surface area contributed by atoms with Crippen molar-refractivity contribution < 1.29 is 35.0 Å². The summed E-state index contributed by atoms with van der Waals surface area (Å²) < 4.78 is 11.5. The average Bonchev–Trinajstić information content (AvgIpc) is 2.69. The molecule has 3 aliphatic rings. The molecule has 0 aromatic rings. The minimum absolute atomic E-state index is 0.00856.